The summed E-state index contributed by atoms with van der Waals surface area (Å²) >= 11 is 0. The number of hydrogen-bond acceptors (Lipinski definition) is 6. The largest absolute Gasteiger partial charge is 0.497 e. The summed E-state index contributed by atoms with van der Waals surface area (Å²) in [6, 6.07) is 15.7. The molecular formula is C23H23N5O2. The molecule has 2 heterocycles. The van der Waals surface area contributed by atoms with Crippen LogP contribution in [0.25, 0.3) is 17.2 Å². The zero-order valence-electron chi connectivity index (χ0n) is 17.1. The van der Waals surface area contributed by atoms with E-state index >= 15 is 0 Å². The fourth-order valence-corrected chi connectivity index (χ4v) is 3.90. The van der Waals surface area contributed by atoms with E-state index in [4.69, 9.17) is 24.5 Å². The SMILES string of the molecule is COc1cc(Nc2c3c(nc4nc(-c5ccccc5)nn24)CCCC3)cc(OC)c1. The molecule has 152 valence electrons. The predicted molar refractivity (Wildman–Crippen MR) is 116 cm³/mol. The second-order valence-electron chi connectivity index (χ2n) is 7.33. The third-order valence-corrected chi connectivity index (χ3v) is 5.41. The first kappa shape index (κ1) is 18.4. The number of nitrogens with zero attached hydrogens (tertiary/aromatic N) is 4. The predicted octanol–water partition coefficient (Wildman–Crippen LogP) is 4.43. The molecule has 0 fully saturated rings. The molecule has 5 rings (SSSR count). The normalized spacial score (nSPS) is 13.1. The Kier molecular flexibility index (Phi) is 4.71. The van der Waals surface area contributed by atoms with Crippen molar-refractivity contribution in [2.75, 3.05) is 19.5 Å². The molecule has 0 amide bonds. The van der Waals surface area contributed by atoms with E-state index in [-0.39, 0.29) is 0 Å². The van der Waals surface area contributed by atoms with E-state index in [2.05, 4.69) is 5.32 Å². The van der Waals surface area contributed by atoms with Crippen LogP contribution >= 0.6 is 0 Å². The lowest BCUT2D eigenvalue weighted by Gasteiger charge is -2.20. The van der Waals surface area contributed by atoms with Gasteiger partial charge in [-0.15, -0.1) is 5.10 Å². The maximum absolute atomic E-state index is 5.43. The molecule has 0 atom stereocenters. The molecule has 0 spiro atoms. The lowest BCUT2D eigenvalue weighted by molar-refractivity contribution is 0.395. The quantitative estimate of drug-likeness (QED) is 0.533. The highest BCUT2D eigenvalue weighted by Crippen LogP contribution is 2.33. The fraction of sp³-hybridized carbons (Fsp3) is 0.261. The maximum Gasteiger partial charge on any atom is 0.254 e. The molecule has 0 radical (unpaired) electrons. The number of rotatable bonds is 5. The van der Waals surface area contributed by atoms with Crippen LogP contribution in [-0.4, -0.2) is 33.8 Å². The molecule has 0 aliphatic heterocycles. The molecule has 1 aliphatic carbocycles. The summed E-state index contributed by atoms with van der Waals surface area (Å²) in [4.78, 5) is 9.54. The second kappa shape index (κ2) is 7.67. The van der Waals surface area contributed by atoms with E-state index in [1.807, 2.05) is 53.0 Å². The van der Waals surface area contributed by atoms with Gasteiger partial charge in [-0.05, 0) is 25.7 Å². The van der Waals surface area contributed by atoms with Crippen LogP contribution in [0.3, 0.4) is 0 Å². The van der Waals surface area contributed by atoms with E-state index in [9.17, 15) is 0 Å². The van der Waals surface area contributed by atoms with E-state index in [1.54, 1.807) is 14.2 Å². The number of methoxy groups -OCH3 is 2. The number of aromatic nitrogens is 4. The third kappa shape index (κ3) is 3.32. The van der Waals surface area contributed by atoms with Crippen LogP contribution < -0.4 is 14.8 Å². The first-order valence-electron chi connectivity index (χ1n) is 10.1. The molecular weight excluding hydrogens is 378 g/mol. The topological polar surface area (TPSA) is 73.6 Å². The third-order valence-electron chi connectivity index (χ3n) is 5.41. The minimum atomic E-state index is 0.604. The van der Waals surface area contributed by atoms with Crippen molar-refractivity contribution in [3.63, 3.8) is 0 Å². The van der Waals surface area contributed by atoms with Crippen LogP contribution in [0.4, 0.5) is 11.5 Å². The van der Waals surface area contributed by atoms with E-state index in [1.165, 1.54) is 5.56 Å². The van der Waals surface area contributed by atoms with E-state index in [0.717, 1.165) is 59.9 Å². The molecule has 0 saturated carbocycles. The van der Waals surface area contributed by atoms with Crippen molar-refractivity contribution in [2.45, 2.75) is 25.7 Å². The number of hydrogen-bond donors (Lipinski definition) is 1. The standard InChI is InChI=1S/C23H23N5O2/c1-29-17-12-16(13-18(14-17)30-2)24-22-19-10-6-7-11-20(19)25-23-26-21(27-28(22)23)15-8-4-3-5-9-15/h3-5,8-9,12-14,24H,6-7,10-11H2,1-2H3. The monoisotopic (exact) mass is 401 g/mol. The van der Waals surface area contributed by atoms with Crippen molar-refractivity contribution in [3.05, 3.63) is 59.8 Å². The molecule has 1 N–H and O–H groups in total. The average Bonchev–Trinajstić information content (AvgIpc) is 3.23. The highest BCUT2D eigenvalue weighted by atomic mass is 16.5. The number of anilines is 2. The van der Waals surface area contributed by atoms with Crippen LogP contribution in [0.15, 0.2) is 48.5 Å². The van der Waals surface area contributed by atoms with Gasteiger partial charge in [0.25, 0.3) is 5.78 Å². The average molecular weight is 401 g/mol. The molecule has 30 heavy (non-hydrogen) atoms. The Bertz CT molecular complexity index is 1180. The van der Waals surface area contributed by atoms with E-state index < -0.39 is 0 Å². The number of nitrogens with one attached hydrogen (secondary N) is 1. The number of benzene rings is 2. The summed E-state index contributed by atoms with van der Waals surface area (Å²) in [5.41, 5.74) is 4.12. The molecule has 4 aromatic rings. The molecule has 2 aromatic carbocycles. The number of fused-ring (bicyclic) bond motifs is 2. The highest BCUT2D eigenvalue weighted by Gasteiger charge is 2.21. The van der Waals surface area contributed by atoms with E-state index in [0.29, 0.717) is 11.6 Å². The van der Waals surface area contributed by atoms with Gasteiger partial charge in [-0.2, -0.15) is 9.50 Å². The first-order valence-corrected chi connectivity index (χ1v) is 10.1. The Hall–Kier alpha value is -3.61. The van der Waals surface area contributed by atoms with Crippen molar-refractivity contribution in [1.29, 1.82) is 0 Å². The van der Waals surface area contributed by atoms with Crippen molar-refractivity contribution in [2.24, 2.45) is 0 Å². The molecule has 7 heteroatoms. The number of aryl methyl sites for hydroxylation is 1. The summed E-state index contributed by atoms with van der Waals surface area (Å²) in [6.45, 7) is 0. The fourth-order valence-electron chi connectivity index (χ4n) is 3.90. The van der Waals surface area contributed by atoms with Gasteiger partial charge in [-0.3, -0.25) is 0 Å². The smallest absolute Gasteiger partial charge is 0.254 e. The summed E-state index contributed by atoms with van der Waals surface area (Å²) in [5, 5.41) is 8.34. The van der Waals surface area contributed by atoms with Gasteiger partial charge in [0, 0.05) is 35.0 Å². The summed E-state index contributed by atoms with van der Waals surface area (Å²) in [5.74, 6) is 3.61. The molecule has 0 unspecified atom stereocenters. The zero-order chi connectivity index (χ0) is 20.5. The maximum atomic E-state index is 5.43. The Balaban J connectivity index is 1.67. The summed E-state index contributed by atoms with van der Waals surface area (Å²) < 4.78 is 12.7. The van der Waals surface area contributed by atoms with Gasteiger partial charge >= 0.3 is 0 Å². The van der Waals surface area contributed by atoms with Crippen molar-refractivity contribution in [3.8, 4) is 22.9 Å². The van der Waals surface area contributed by atoms with Crippen molar-refractivity contribution in [1.82, 2.24) is 19.6 Å². The summed E-state index contributed by atoms with van der Waals surface area (Å²) in [7, 11) is 3.29. The molecule has 0 saturated heterocycles. The van der Waals surface area contributed by atoms with Gasteiger partial charge in [0.1, 0.15) is 17.3 Å². The number of ether oxygens (including phenoxy) is 2. The van der Waals surface area contributed by atoms with Crippen LogP contribution in [0.1, 0.15) is 24.1 Å². The van der Waals surface area contributed by atoms with Crippen LogP contribution in [0, 0.1) is 0 Å². The minimum Gasteiger partial charge on any atom is -0.497 e. The Morgan fingerprint density at radius 2 is 1.63 bits per heavy atom. The van der Waals surface area contributed by atoms with Crippen molar-refractivity contribution >= 4 is 17.3 Å². The highest BCUT2D eigenvalue weighted by molar-refractivity contribution is 5.67. The summed E-state index contributed by atoms with van der Waals surface area (Å²) in [6.07, 6.45) is 4.19. The minimum absolute atomic E-state index is 0.604. The Labute approximate surface area is 174 Å². The van der Waals surface area contributed by atoms with Gasteiger partial charge in [-0.25, -0.2) is 4.98 Å². The van der Waals surface area contributed by atoms with Crippen LogP contribution in [0.5, 0.6) is 11.5 Å². The van der Waals surface area contributed by atoms with Gasteiger partial charge in [0.2, 0.25) is 0 Å². The van der Waals surface area contributed by atoms with Gasteiger partial charge in [0.05, 0.1) is 19.9 Å². The van der Waals surface area contributed by atoms with Crippen LogP contribution in [-0.2, 0) is 12.8 Å². The Morgan fingerprint density at radius 3 is 2.37 bits per heavy atom. The molecule has 7 nitrogen and oxygen atoms in total. The van der Waals surface area contributed by atoms with Gasteiger partial charge in [-0.1, -0.05) is 30.3 Å². The molecule has 0 bridgehead atoms. The van der Waals surface area contributed by atoms with Crippen molar-refractivity contribution < 1.29 is 9.47 Å². The second-order valence-corrected chi connectivity index (χ2v) is 7.33. The zero-order valence-corrected chi connectivity index (χ0v) is 17.1. The van der Waals surface area contributed by atoms with Gasteiger partial charge in [0.15, 0.2) is 5.82 Å². The lowest BCUT2D eigenvalue weighted by atomic mass is 9.96. The Morgan fingerprint density at radius 1 is 0.900 bits per heavy atom. The molecule has 2 aromatic heterocycles. The molecule has 1 aliphatic rings. The van der Waals surface area contributed by atoms with Crippen LogP contribution in [0.2, 0.25) is 0 Å². The first-order chi connectivity index (χ1) is 14.7. The van der Waals surface area contributed by atoms with Gasteiger partial charge < -0.3 is 14.8 Å². The lowest BCUT2D eigenvalue weighted by Crippen LogP contribution is -2.13.